The summed E-state index contributed by atoms with van der Waals surface area (Å²) < 4.78 is 54.0. The molecule has 2 aliphatic rings. The number of carbonyl (C=O) groups is 1. The van der Waals surface area contributed by atoms with Crippen molar-refractivity contribution in [3.8, 4) is 0 Å². The summed E-state index contributed by atoms with van der Waals surface area (Å²) in [4.78, 5) is 16.6. The standard InChI is InChI=1S/C22H33F2N3O3S/c1-22(2,3)8-11-25-12-14-26(15-13-25)21(28)17-6-9-27(10-7-17)31(29,30)20-16-18(23)4-5-19(20)24/h4-5,16-17H,6-15H2,1-3H3. The van der Waals surface area contributed by atoms with Gasteiger partial charge in [0.1, 0.15) is 16.5 Å². The Bertz CT molecular complexity index is 886. The van der Waals surface area contributed by atoms with Gasteiger partial charge in [0, 0.05) is 45.2 Å². The Kier molecular flexibility index (Phi) is 7.38. The predicted molar refractivity (Wildman–Crippen MR) is 115 cm³/mol. The van der Waals surface area contributed by atoms with Crippen molar-refractivity contribution in [2.75, 3.05) is 45.8 Å². The van der Waals surface area contributed by atoms with Gasteiger partial charge in [0.05, 0.1) is 0 Å². The van der Waals surface area contributed by atoms with Crippen LogP contribution in [-0.4, -0.2) is 74.2 Å². The fourth-order valence-electron chi connectivity index (χ4n) is 4.10. The number of piperazine rings is 1. The van der Waals surface area contributed by atoms with Crippen molar-refractivity contribution >= 4 is 15.9 Å². The number of sulfonamides is 1. The summed E-state index contributed by atoms with van der Waals surface area (Å²) >= 11 is 0. The monoisotopic (exact) mass is 457 g/mol. The van der Waals surface area contributed by atoms with Crippen LogP contribution in [0.4, 0.5) is 8.78 Å². The number of piperidine rings is 1. The molecule has 1 amide bonds. The highest BCUT2D eigenvalue weighted by Gasteiger charge is 2.35. The fourth-order valence-corrected chi connectivity index (χ4v) is 5.65. The number of hydrogen-bond donors (Lipinski definition) is 0. The van der Waals surface area contributed by atoms with E-state index in [2.05, 4.69) is 25.7 Å². The van der Waals surface area contributed by atoms with E-state index in [1.54, 1.807) is 0 Å². The highest BCUT2D eigenvalue weighted by atomic mass is 32.2. The van der Waals surface area contributed by atoms with Crippen LogP contribution in [-0.2, 0) is 14.8 Å². The maximum absolute atomic E-state index is 14.0. The highest BCUT2D eigenvalue weighted by Crippen LogP contribution is 2.27. The molecule has 0 atom stereocenters. The van der Waals surface area contributed by atoms with E-state index < -0.39 is 26.6 Å². The first-order chi connectivity index (χ1) is 14.5. The average Bonchev–Trinajstić information content (AvgIpc) is 2.73. The molecule has 0 unspecified atom stereocenters. The van der Waals surface area contributed by atoms with Crippen molar-refractivity contribution in [2.24, 2.45) is 11.3 Å². The van der Waals surface area contributed by atoms with Crippen LogP contribution in [0.25, 0.3) is 0 Å². The second-order valence-electron chi connectivity index (χ2n) is 9.73. The van der Waals surface area contributed by atoms with Crippen molar-refractivity contribution in [3.63, 3.8) is 0 Å². The van der Waals surface area contributed by atoms with Gasteiger partial charge in [-0.3, -0.25) is 9.69 Å². The zero-order chi connectivity index (χ0) is 22.8. The number of halogens is 2. The Morgan fingerprint density at radius 3 is 2.23 bits per heavy atom. The quantitative estimate of drug-likeness (QED) is 0.682. The van der Waals surface area contributed by atoms with Crippen LogP contribution in [0, 0.1) is 23.0 Å². The zero-order valence-corrected chi connectivity index (χ0v) is 19.4. The number of rotatable bonds is 5. The van der Waals surface area contributed by atoms with Gasteiger partial charge in [0.25, 0.3) is 0 Å². The third kappa shape index (κ3) is 6.02. The molecule has 1 aromatic carbocycles. The van der Waals surface area contributed by atoms with Gasteiger partial charge in [0.15, 0.2) is 0 Å². The van der Waals surface area contributed by atoms with Gasteiger partial charge in [-0.15, -0.1) is 0 Å². The van der Waals surface area contributed by atoms with Gasteiger partial charge in [0.2, 0.25) is 15.9 Å². The first-order valence-corrected chi connectivity index (χ1v) is 12.4. The highest BCUT2D eigenvalue weighted by molar-refractivity contribution is 7.89. The Hall–Kier alpha value is -1.58. The predicted octanol–water partition coefficient (Wildman–Crippen LogP) is 2.95. The third-order valence-corrected chi connectivity index (χ3v) is 8.09. The first kappa shape index (κ1) is 24.1. The minimum absolute atomic E-state index is 0.0736. The van der Waals surface area contributed by atoms with E-state index in [4.69, 9.17) is 0 Å². The second-order valence-corrected chi connectivity index (χ2v) is 11.6. The molecule has 0 aliphatic carbocycles. The smallest absolute Gasteiger partial charge is 0.246 e. The minimum Gasteiger partial charge on any atom is -0.340 e. The van der Waals surface area contributed by atoms with E-state index in [-0.39, 0.29) is 30.3 Å². The molecule has 2 fully saturated rings. The van der Waals surface area contributed by atoms with E-state index in [1.807, 2.05) is 4.90 Å². The van der Waals surface area contributed by atoms with E-state index in [0.29, 0.717) is 32.0 Å². The first-order valence-electron chi connectivity index (χ1n) is 10.9. The molecule has 6 nitrogen and oxygen atoms in total. The number of carbonyl (C=O) groups excluding carboxylic acids is 1. The molecule has 2 aliphatic heterocycles. The van der Waals surface area contributed by atoms with E-state index in [1.165, 1.54) is 0 Å². The summed E-state index contributed by atoms with van der Waals surface area (Å²) in [7, 11) is -4.13. The molecular weight excluding hydrogens is 424 g/mol. The molecule has 0 bridgehead atoms. The lowest BCUT2D eigenvalue weighted by molar-refractivity contribution is -0.138. The minimum atomic E-state index is -4.13. The Morgan fingerprint density at radius 2 is 1.65 bits per heavy atom. The molecule has 2 heterocycles. The Labute approximate surface area is 184 Å². The molecule has 0 radical (unpaired) electrons. The van der Waals surface area contributed by atoms with E-state index in [9.17, 15) is 22.0 Å². The topological polar surface area (TPSA) is 60.9 Å². The number of benzene rings is 1. The van der Waals surface area contributed by atoms with Gasteiger partial charge in [-0.25, -0.2) is 17.2 Å². The molecule has 0 spiro atoms. The van der Waals surface area contributed by atoms with Crippen molar-refractivity contribution in [1.82, 2.24) is 14.1 Å². The molecule has 1 aromatic rings. The summed E-state index contributed by atoms with van der Waals surface area (Å²) in [6.07, 6.45) is 1.89. The van der Waals surface area contributed by atoms with Gasteiger partial charge in [-0.1, -0.05) is 20.8 Å². The average molecular weight is 458 g/mol. The van der Waals surface area contributed by atoms with Crippen LogP contribution in [0.1, 0.15) is 40.0 Å². The summed E-state index contributed by atoms with van der Waals surface area (Å²) in [6, 6.07) is 2.42. The summed E-state index contributed by atoms with van der Waals surface area (Å²) in [5, 5.41) is 0. The SMILES string of the molecule is CC(C)(C)CCN1CCN(C(=O)C2CCN(S(=O)(=O)c3cc(F)ccc3F)CC2)CC1. The lowest BCUT2D eigenvalue weighted by atomic mass is 9.92. The molecule has 2 saturated heterocycles. The number of nitrogens with zero attached hydrogens (tertiary/aromatic N) is 3. The Morgan fingerprint density at radius 1 is 1.03 bits per heavy atom. The lowest BCUT2D eigenvalue weighted by Crippen LogP contribution is -2.52. The molecule has 9 heteroatoms. The van der Waals surface area contributed by atoms with Crippen LogP contribution in [0.15, 0.2) is 23.1 Å². The normalized spacial score (nSPS) is 20.2. The Balaban J connectivity index is 1.52. The summed E-state index contributed by atoms with van der Waals surface area (Å²) in [5.74, 6) is -1.93. The van der Waals surface area contributed by atoms with Crippen molar-refractivity contribution < 1.29 is 22.0 Å². The molecular formula is C22H33F2N3O3S. The molecule has 0 saturated carbocycles. The van der Waals surface area contributed by atoms with Gasteiger partial charge in [-0.2, -0.15) is 4.31 Å². The maximum Gasteiger partial charge on any atom is 0.246 e. The molecule has 0 aromatic heterocycles. The van der Waals surface area contributed by atoms with Crippen LogP contribution >= 0.6 is 0 Å². The van der Waals surface area contributed by atoms with Crippen molar-refractivity contribution in [3.05, 3.63) is 29.8 Å². The van der Waals surface area contributed by atoms with Crippen LogP contribution in [0.5, 0.6) is 0 Å². The largest absolute Gasteiger partial charge is 0.340 e. The summed E-state index contributed by atoms with van der Waals surface area (Å²) in [5.41, 5.74) is 0.287. The third-order valence-electron chi connectivity index (χ3n) is 6.18. The maximum atomic E-state index is 14.0. The number of amides is 1. The molecule has 3 rings (SSSR count). The van der Waals surface area contributed by atoms with Crippen LogP contribution in [0.2, 0.25) is 0 Å². The second kappa shape index (κ2) is 9.50. The molecule has 31 heavy (non-hydrogen) atoms. The van der Waals surface area contributed by atoms with Gasteiger partial charge in [-0.05, 0) is 49.4 Å². The van der Waals surface area contributed by atoms with Gasteiger partial charge >= 0.3 is 0 Å². The van der Waals surface area contributed by atoms with E-state index >= 15 is 0 Å². The fraction of sp³-hybridized carbons (Fsp3) is 0.682. The van der Waals surface area contributed by atoms with Crippen LogP contribution in [0.3, 0.4) is 0 Å². The number of hydrogen-bond acceptors (Lipinski definition) is 4. The van der Waals surface area contributed by atoms with Crippen molar-refractivity contribution in [1.29, 1.82) is 0 Å². The summed E-state index contributed by atoms with van der Waals surface area (Å²) in [6.45, 7) is 11.0. The van der Waals surface area contributed by atoms with Crippen molar-refractivity contribution in [2.45, 2.75) is 44.9 Å². The van der Waals surface area contributed by atoms with Gasteiger partial charge < -0.3 is 4.90 Å². The molecule has 174 valence electrons. The zero-order valence-electron chi connectivity index (χ0n) is 18.6. The van der Waals surface area contributed by atoms with E-state index in [0.717, 1.165) is 42.5 Å². The van der Waals surface area contributed by atoms with Crippen LogP contribution < -0.4 is 0 Å². The lowest BCUT2D eigenvalue weighted by Gasteiger charge is -2.39. The molecule has 0 N–H and O–H groups in total.